The third kappa shape index (κ3) is 1.48. The highest BCUT2D eigenvalue weighted by Gasteiger charge is 2.35. The first-order valence-electron chi connectivity index (χ1n) is 4.99. The molecule has 0 amide bonds. The molecule has 2 heterocycles. The average molecular weight is 261 g/mol. The number of halogens is 3. The molecule has 0 radical (unpaired) electrons. The minimum Gasteiger partial charge on any atom is -0.334 e. The average Bonchev–Trinajstić information content (AvgIpc) is 2.61. The van der Waals surface area contributed by atoms with Crippen LogP contribution < -0.4 is 11.2 Å². The lowest BCUT2D eigenvalue weighted by Crippen LogP contribution is -2.37. The van der Waals surface area contributed by atoms with E-state index in [9.17, 15) is 22.8 Å². The van der Waals surface area contributed by atoms with Crippen molar-refractivity contribution >= 4 is 11.0 Å². The molecule has 18 heavy (non-hydrogen) atoms. The molecule has 0 fully saturated rings. The molecule has 0 saturated carbocycles. The molecule has 0 spiro atoms. The highest BCUT2D eigenvalue weighted by molar-refractivity contribution is 5.76. The Kier molecular flexibility index (Phi) is 2.42. The maximum Gasteiger partial charge on any atom is 0.431 e. The molecular weight excluding hydrogens is 251 g/mol. The van der Waals surface area contributed by atoms with Crippen LogP contribution in [0.5, 0.6) is 0 Å². The quantitative estimate of drug-likeness (QED) is 0.697. The van der Waals surface area contributed by atoms with Gasteiger partial charge in [0.15, 0.2) is 0 Å². The Bertz CT molecular complexity index is 749. The molecule has 0 unspecified atom stereocenters. The monoisotopic (exact) mass is 261 g/mol. The van der Waals surface area contributed by atoms with Crippen molar-refractivity contribution in [3.05, 3.63) is 32.6 Å². The largest absolute Gasteiger partial charge is 0.431 e. The summed E-state index contributed by atoms with van der Waals surface area (Å²) in [5.41, 5.74) is -2.54. The van der Waals surface area contributed by atoms with E-state index in [4.69, 9.17) is 0 Å². The van der Waals surface area contributed by atoms with Gasteiger partial charge in [-0.2, -0.15) is 13.2 Å². The highest BCUT2D eigenvalue weighted by atomic mass is 19.4. The third-order valence-electron chi connectivity index (χ3n) is 2.95. The van der Waals surface area contributed by atoms with E-state index in [0.29, 0.717) is 0 Å². The van der Waals surface area contributed by atoms with Crippen LogP contribution in [-0.2, 0) is 27.3 Å². The number of hydrogen-bond donors (Lipinski definition) is 0. The lowest BCUT2D eigenvalue weighted by atomic mass is 10.4. The van der Waals surface area contributed by atoms with Crippen LogP contribution in [0.1, 0.15) is 5.69 Å². The zero-order chi connectivity index (χ0) is 13.8. The fraction of sp³-hybridized carbons (Fsp3) is 0.400. The Balaban J connectivity index is 3.08. The van der Waals surface area contributed by atoms with Gasteiger partial charge in [0.25, 0.3) is 5.56 Å². The summed E-state index contributed by atoms with van der Waals surface area (Å²) in [5, 5.41) is 0. The van der Waals surface area contributed by atoms with E-state index in [1.807, 2.05) is 0 Å². The lowest BCUT2D eigenvalue weighted by molar-refractivity contribution is -0.142. The Labute approximate surface area is 98.7 Å². The van der Waals surface area contributed by atoms with Gasteiger partial charge >= 0.3 is 11.9 Å². The predicted molar refractivity (Wildman–Crippen MR) is 58.4 cm³/mol. The summed E-state index contributed by atoms with van der Waals surface area (Å²) in [6, 6.07) is 0.804. The summed E-state index contributed by atoms with van der Waals surface area (Å²) in [7, 11) is 3.70. The van der Waals surface area contributed by atoms with Crippen LogP contribution in [0.2, 0.25) is 0 Å². The van der Waals surface area contributed by atoms with E-state index in [1.54, 1.807) is 0 Å². The number of fused-ring (bicyclic) bond motifs is 1. The maximum absolute atomic E-state index is 12.7. The van der Waals surface area contributed by atoms with Crippen molar-refractivity contribution in [3.8, 4) is 0 Å². The van der Waals surface area contributed by atoms with Crippen molar-refractivity contribution < 1.29 is 13.2 Å². The van der Waals surface area contributed by atoms with Crippen molar-refractivity contribution in [3.63, 3.8) is 0 Å². The molecule has 2 aromatic heterocycles. The Morgan fingerprint density at radius 1 is 1.00 bits per heavy atom. The number of rotatable bonds is 0. The molecule has 0 saturated heterocycles. The minimum atomic E-state index is -4.57. The topological polar surface area (TPSA) is 48.9 Å². The van der Waals surface area contributed by atoms with Crippen LogP contribution in [0, 0.1) is 0 Å². The molecule has 2 rings (SSSR count). The van der Waals surface area contributed by atoms with Crippen molar-refractivity contribution in [1.29, 1.82) is 0 Å². The van der Waals surface area contributed by atoms with Gasteiger partial charge in [0.2, 0.25) is 0 Å². The number of hydrogen-bond acceptors (Lipinski definition) is 2. The molecule has 0 bridgehead atoms. The molecule has 98 valence electrons. The van der Waals surface area contributed by atoms with Gasteiger partial charge in [-0.05, 0) is 6.07 Å². The molecule has 0 N–H and O–H groups in total. The van der Waals surface area contributed by atoms with Gasteiger partial charge < -0.3 is 4.57 Å². The van der Waals surface area contributed by atoms with Gasteiger partial charge in [-0.3, -0.25) is 13.9 Å². The summed E-state index contributed by atoms with van der Waals surface area (Å²) in [5.74, 6) is 0. The fourth-order valence-corrected chi connectivity index (χ4v) is 1.94. The van der Waals surface area contributed by atoms with Crippen molar-refractivity contribution in [2.45, 2.75) is 6.18 Å². The number of aromatic nitrogens is 3. The van der Waals surface area contributed by atoms with Crippen LogP contribution in [0.15, 0.2) is 15.7 Å². The predicted octanol–water partition coefficient (Wildman–Crippen LogP) is 0.594. The summed E-state index contributed by atoms with van der Waals surface area (Å²) in [6.07, 6.45) is -4.57. The number of aryl methyl sites for hydroxylation is 2. The molecule has 0 aliphatic carbocycles. The van der Waals surface area contributed by atoms with Gasteiger partial charge in [0, 0.05) is 21.1 Å². The van der Waals surface area contributed by atoms with Crippen molar-refractivity contribution in [2.24, 2.45) is 21.1 Å². The molecule has 0 aliphatic heterocycles. The second-order valence-electron chi connectivity index (χ2n) is 4.03. The number of alkyl halides is 3. The van der Waals surface area contributed by atoms with Gasteiger partial charge in [0.05, 0.1) is 5.52 Å². The molecule has 5 nitrogen and oxygen atoms in total. The minimum absolute atomic E-state index is 0.0297. The third-order valence-corrected chi connectivity index (χ3v) is 2.95. The summed E-state index contributed by atoms with van der Waals surface area (Å²) in [4.78, 5) is 23.4. The molecule has 0 atom stereocenters. The van der Waals surface area contributed by atoms with Crippen LogP contribution >= 0.6 is 0 Å². The van der Waals surface area contributed by atoms with Gasteiger partial charge in [-0.25, -0.2) is 4.79 Å². The SMILES string of the molecule is Cn1c(=O)c2c(cc(C(F)(F)F)n2C)n(C)c1=O. The first-order chi connectivity index (χ1) is 8.16. The standard InChI is InChI=1S/C10H10F3N3O2/c1-14-5-4-6(10(11,12)13)15(2)7(5)8(17)16(3)9(14)18/h4H,1-3H3. The second kappa shape index (κ2) is 3.50. The van der Waals surface area contributed by atoms with Crippen molar-refractivity contribution in [1.82, 2.24) is 13.7 Å². The Morgan fingerprint density at radius 2 is 1.56 bits per heavy atom. The molecule has 8 heteroatoms. The van der Waals surface area contributed by atoms with Crippen LogP contribution in [-0.4, -0.2) is 13.7 Å². The van der Waals surface area contributed by atoms with Crippen LogP contribution in [0.3, 0.4) is 0 Å². The smallest absolute Gasteiger partial charge is 0.334 e. The highest BCUT2D eigenvalue weighted by Crippen LogP contribution is 2.31. The van der Waals surface area contributed by atoms with E-state index in [-0.39, 0.29) is 11.0 Å². The Morgan fingerprint density at radius 3 is 2.06 bits per heavy atom. The zero-order valence-corrected chi connectivity index (χ0v) is 9.87. The van der Waals surface area contributed by atoms with Crippen LogP contribution in [0.25, 0.3) is 11.0 Å². The fourth-order valence-electron chi connectivity index (χ4n) is 1.94. The maximum atomic E-state index is 12.7. The first kappa shape index (κ1) is 12.5. The zero-order valence-electron chi connectivity index (χ0n) is 9.87. The summed E-state index contributed by atoms with van der Waals surface area (Å²) >= 11 is 0. The molecule has 2 aromatic rings. The van der Waals surface area contributed by atoms with E-state index >= 15 is 0 Å². The molecule has 0 aromatic carbocycles. The normalized spacial score (nSPS) is 12.3. The van der Waals surface area contributed by atoms with E-state index < -0.39 is 23.1 Å². The summed E-state index contributed by atoms with van der Waals surface area (Å²) < 4.78 is 40.8. The van der Waals surface area contributed by atoms with Crippen molar-refractivity contribution in [2.75, 3.05) is 0 Å². The van der Waals surface area contributed by atoms with E-state index in [0.717, 1.165) is 26.8 Å². The lowest BCUT2D eigenvalue weighted by Gasteiger charge is -2.07. The summed E-state index contributed by atoms with van der Waals surface area (Å²) in [6.45, 7) is 0. The Hall–Kier alpha value is -1.99. The van der Waals surface area contributed by atoms with E-state index in [1.165, 1.54) is 14.1 Å². The van der Waals surface area contributed by atoms with E-state index in [2.05, 4.69) is 0 Å². The van der Waals surface area contributed by atoms with Gasteiger partial charge in [-0.1, -0.05) is 0 Å². The molecular formula is C10H10F3N3O2. The second-order valence-corrected chi connectivity index (χ2v) is 4.03. The van der Waals surface area contributed by atoms with Crippen LogP contribution in [0.4, 0.5) is 13.2 Å². The molecule has 0 aliphatic rings. The van der Waals surface area contributed by atoms with Gasteiger partial charge in [-0.15, -0.1) is 0 Å². The number of nitrogens with zero attached hydrogens (tertiary/aromatic N) is 3. The van der Waals surface area contributed by atoms with Gasteiger partial charge in [0.1, 0.15) is 11.2 Å². The first-order valence-corrected chi connectivity index (χ1v) is 4.99.